The maximum absolute atomic E-state index is 5.97. The summed E-state index contributed by atoms with van der Waals surface area (Å²) in [5, 5.41) is 0.796. The minimum atomic E-state index is 0.352. The number of hydrazine groups is 1. The van der Waals surface area contributed by atoms with Crippen LogP contribution in [0.5, 0.6) is 0 Å². The van der Waals surface area contributed by atoms with Gasteiger partial charge in [0.05, 0.1) is 0 Å². The molecule has 96 valence electrons. The molecule has 0 heterocycles. The van der Waals surface area contributed by atoms with Gasteiger partial charge in [0.25, 0.3) is 0 Å². The molecule has 0 saturated heterocycles. The van der Waals surface area contributed by atoms with Crippen LogP contribution in [0.25, 0.3) is 0 Å². The van der Waals surface area contributed by atoms with Crippen LogP contribution in [0.3, 0.4) is 0 Å². The Balaban J connectivity index is 2.35. The Kier molecular flexibility index (Phi) is 7.25. The number of rotatable bonds is 8. The minimum absolute atomic E-state index is 0.352. The number of halogens is 1. The van der Waals surface area contributed by atoms with Gasteiger partial charge in [-0.2, -0.15) is 0 Å². The molecule has 0 aromatic heterocycles. The van der Waals surface area contributed by atoms with Crippen molar-refractivity contribution in [2.75, 3.05) is 0 Å². The largest absolute Gasteiger partial charge is 0.271 e. The lowest BCUT2D eigenvalue weighted by Gasteiger charge is -2.15. The van der Waals surface area contributed by atoms with Crippen molar-refractivity contribution in [2.24, 2.45) is 5.84 Å². The van der Waals surface area contributed by atoms with Gasteiger partial charge in [-0.05, 0) is 30.5 Å². The average molecular weight is 255 g/mol. The molecule has 0 spiro atoms. The highest BCUT2D eigenvalue weighted by Gasteiger charge is 2.07. The second-order valence-electron chi connectivity index (χ2n) is 4.55. The Morgan fingerprint density at radius 2 is 2.12 bits per heavy atom. The molecule has 3 N–H and O–H groups in total. The second-order valence-corrected chi connectivity index (χ2v) is 4.98. The maximum Gasteiger partial charge on any atom is 0.0408 e. The van der Waals surface area contributed by atoms with Crippen LogP contribution in [0.15, 0.2) is 24.3 Å². The normalized spacial score (nSPS) is 12.6. The first-order chi connectivity index (χ1) is 8.26. The van der Waals surface area contributed by atoms with Gasteiger partial charge in [0.15, 0.2) is 0 Å². The number of hydrogen-bond acceptors (Lipinski definition) is 2. The van der Waals surface area contributed by atoms with Gasteiger partial charge in [0, 0.05) is 11.1 Å². The summed E-state index contributed by atoms with van der Waals surface area (Å²) in [6.07, 6.45) is 7.20. The molecule has 1 rings (SSSR count). The Bertz CT molecular complexity index is 315. The molecule has 0 aliphatic heterocycles. The number of nitrogens with one attached hydrogen (secondary N) is 1. The van der Waals surface area contributed by atoms with E-state index in [1.807, 2.05) is 18.2 Å². The molecule has 0 aliphatic rings. The van der Waals surface area contributed by atoms with E-state index in [1.54, 1.807) is 0 Å². The zero-order chi connectivity index (χ0) is 12.5. The number of nitrogens with two attached hydrogens (primary N) is 1. The molecule has 1 aromatic rings. The number of benzene rings is 1. The Morgan fingerprint density at radius 3 is 2.76 bits per heavy atom. The second kappa shape index (κ2) is 8.51. The molecule has 1 unspecified atom stereocenters. The zero-order valence-electron chi connectivity index (χ0n) is 10.6. The van der Waals surface area contributed by atoms with Crippen molar-refractivity contribution in [1.82, 2.24) is 5.43 Å². The van der Waals surface area contributed by atoms with Crippen LogP contribution < -0.4 is 11.3 Å². The monoisotopic (exact) mass is 254 g/mol. The SMILES string of the molecule is CCCCCCC(Cc1cccc(Cl)c1)NN. The van der Waals surface area contributed by atoms with Crippen LogP contribution in [0.4, 0.5) is 0 Å². The molecule has 0 aliphatic carbocycles. The van der Waals surface area contributed by atoms with Gasteiger partial charge < -0.3 is 0 Å². The third-order valence-corrected chi connectivity index (χ3v) is 3.25. The summed E-state index contributed by atoms with van der Waals surface area (Å²) >= 11 is 5.97. The van der Waals surface area contributed by atoms with E-state index in [9.17, 15) is 0 Å². The van der Waals surface area contributed by atoms with Crippen molar-refractivity contribution in [3.8, 4) is 0 Å². The fourth-order valence-electron chi connectivity index (χ4n) is 2.01. The van der Waals surface area contributed by atoms with Gasteiger partial charge in [-0.25, -0.2) is 0 Å². The van der Waals surface area contributed by atoms with Gasteiger partial charge in [-0.1, -0.05) is 56.3 Å². The summed E-state index contributed by atoms with van der Waals surface area (Å²) in [6.45, 7) is 2.23. The van der Waals surface area contributed by atoms with Crippen LogP contribution in [0.1, 0.15) is 44.6 Å². The summed E-state index contributed by atoms with van der Waals surface area (Å²) < 4.78 is 0. The van der Waals surface area contributed by atoms with Gasteiger partial charge in [-0.15, -0.1) is 0 Å². The van der Waals surface area contributed by atoms with E-state index in [4.69, 9.17) is 17.4 Å². The maximum atomic E-state index is 5.97. The third-order valence-electron chi connectivity index (χ3n) is 3.01. The van der Waals surface area contributed by atoms with Gasteiger partial charge in [0.2, 0.25) is 0 Å². The molecule has 0 bridgehead atoms. The standard InChI is InChI=1S/C14H23ClN2/c1-2-3-4-5-9-14(17-16)11-12-7-6-8-13(15)10-12/h6-8,10,14,17H,2-5,9,11,16H2,1H3. The quantitative estimate of drug-likeness (QED) is 0.422. The van der Waals surface area contributed by atoms with E-state index in [1.165, 1.54) is 31.2 Å². The summed E-state index contributed by atoms with van der Waals surface area (Å²) in [5.74, 6) is 5.59. The van der Waals surface area contributed by atoms with E-state index < -0.39 is 0 Å². The topological polar surface area (TPSA) is 38.0 Å². The predicted molar refractivity (Wildman–Crippen MR) is 75.0 cm³/mol. The molecule has 3 heteroatoms. The Hall–Kier alpha value is -0.570. The first-order valence-corrected chi connectivity index (χ1v) is 6.84. The lowest BCUT2D eigenvalue weighted by Crippen LogP contribution is -2.36. The van der Waals surface area contributed by atoms with E-state index in [0.29, 0.717) is 6.04 Å². The van der Waals surface area contributed by atoms with Crippen molar-refractivity contribution in [3.05, 3.63) is 34.9 Å². The fraction of sp³-hybridized carbons (Fsp3) is 0.571. The predicted octanol–water partition coefficient (Wildman–Crippen LogP) is 3.68. The van der Waals surface area contributed by atoms with Crippen LogP contribution >= 0.6 is 11.6 Å². The lowest BCUT2D eigenvalue weighted by molar-refractivity contribution is 0.463. The highest BCUT2D eigenvalue weighted by atomic mass is 35.5. The van der Waals surface area contributed by atoms with E-state index in [0.717, 1.165) is 17.9 Å². The van der Waals surface area contributed by atoms with Crippen molar-refractivity contribution >= 4 is 11.6 Å². The molecule has 1 atom stereocenters. The Morgan fingerprint density at radius 1 is 1.29 bits per heavy atom. The van der Waals surface area contributed by atoms with Gasteiger partial charge in [0.1, 0.15) is 0 Å². The molecule has 0 fully saturated rings. The molecule has 0 saturated carbocycles. The number of hydrogen-bond donors (Lipinski definition) is 2. The zero-order valence-corrected chi connectivity index (χ0v) is 11.3. The Labute approximate surface area is 110 Å². The van der Waals surface area contributed by atoms with Crippen molar-refractivity contribution in [3.63, 3.8) is 0 Å². The smallest absolute Gasteiger partial charge is 0.0408 e. The van der Waals surface area contributed by atoms with Crippen LogP contribution in [0.2, 0.25) is 5.02 Å². The highest BCUT2D eigenvalue weighted by Crippen LogP contribution is 2.14. The van der Waals surface area contributed by atoms with Crippen LogP contribution in [-0.4, -0.2) is 6.04 Å². The molecular formula is C14H23ClN2. The summed E-state index contributed by atoms with van der Waals surface area (Å²) in [6, 6.07) is 8.35. The van der Waals surface area contributed by atoms with Crippen LogP contribution in [0, 0.1) is 0 Å². The van der Waals surface area contributed by atoms with Gasteiger partial charge >= 0.3 is 0 Å². The lowest BCUT2D eigenvalue weighted by atomic mass is 10.0. The minimum Gasteiger partial charge on any atom is -0.271 e. The van der Waals surface area contributed by atoms with Crippen LogP contribution in [-0.2, 0) is 6.42 Å². The molecule has 0 amide bonds. The number of unbranched alkanes of at least 4 members (excludes halogenated alkanes) is 3. The fourth-order valence-corrected chi connectivity index (χ4v) is 2.22. The van der Waals surface area contributed by atoms with Crippen molar-refractivity contribution < 1.29 is 0 Å². The summed E-state index contributed by atoms with van der Waals surface area (Å²) in [7, 11) is 0. The summed E-state index contributed by atoms with van der Waals surface area (Å²) in [4.78, 5) is 0. The highest BCUT2D eigenvalue weighted by molar-refractivity contribution is 6.30. The van der Waals surface area contributed by atoms with E-state index in [2.05, 4.69) is 18.4 Å². The molecule has 1 aromatic carbocycles. The first kappa shape index (κ1) is 14.5. The molecular weight excluding hydrogens is 232 g/mol. The van der Waals surface area contributed by atoms with Gasteiger partial charge in [-0.3, -0.25) is 11.3 Å². The third kappa shape index (κ3) is 6.06. The molecule has 2 nitrogen and oxygen atoms in total. The first-order valence-electron chi connectivity index (χ1n) is 6.46. The van der Waals surface area contributed by atoms with E-state index in [-0.39, 0.29) is 0 Å². The molecule has 0 radical (unpaired) electrons. The summed E-state index contributed by atoms with van der Waals surface area (Å²) in [5.41, 5.74) is 4.15. The average Bonchev–Trinajstić information content (AvgIpc) is 2.33. The van der Waals surface area contributed by atoms with Crippen molar-refractivity contribution in [1.29, 1.82) is 0 Å². The van der Waals surface area contributed by atoms with Crippen molar-refractivity contribution in [2.45, 2.75) is 51.5 Å². The molecule has 17 heavy (non-hydrogen) atoms. The van der Waals surface area contributed by atoms with E-state index >= 15 is 0 Å².